The molecule has 21 heavy (non-hydrogen) atoms. The smallest absolute Gasteiger partial charge is 0.387 e. The van der Waals surface area contributed by atoms with E-state index < -0.39 is 6.61 Å². The zero-order valence-corrected chi connectivity index (χ0v) is 12.2. The summed E-state index contributed by atoms with van der Waals surface area (Å²) in [6.45, 7) is -1.73. The number of hydrogen-bond acceptors (Lipinski definition) is 4. The van der Waals surface area contributed by atoms with E-state index in [1.54, 1.807) is 23.5 Å². The minimum Gasteiger partial charge on any atom is -0.435 e. The van der Waals surface area contributed by atoms with Gasteiger partial charge in [-0.05, 0) is 31.5 Å². The monoisotopic (exact) mass is 310 g/mol. The van der Waals surface area contributed by atoms with E-state index in [0.29, 0.717) is 6.04 Å². The van der Waals surface area contributed by atoms with Crippen molar-refractivity contribution in [2.24, 2.45) is 0 Å². The standard InChI is InChI=1S/C15H16F2N2OS/c16-15(17)20-12-5-1-3-10(7-12)13-9-21-14(19-13)8-11-4-2-6-18-11/h1,3,5,7,9,11,15,18H,2,4,6,8H2. The van der Waals surface area contributed by atoms with E-state index in [1.807, 2.05) is 11.4 Å². The molecule has 1 saturated heterocycles. The number of benzene rings is 1. The zero-order chi connectivity index (χ0) is 14.7. The summed E-state index contributed by atoms with van der Waals surface area (Å²) in [4.78, 5) is 4.60. The Morgan fingerprint density at radius 3 is 3.10 bits per heavy atom. The lowest BCUT2D eigenvalue weighted by Gasteiger charge is -2.07. The van der Waals surface area contributed by atoms with Gasteiger partial charge in [0, 0.05) is 23.4 Å². The molecule has 0 saturated carbocycles. The average Bonchev–Trinajstić information content (AvgIpc) is 3.10. The third-order valence-electron chi connectivity index (χ3n) is 3.49. The van der Waals surface area contributed by atoms with Crippen LogP contribution in [0.2, 0.25) is 0 Å². The van der Waals surface area contributed by atoms with Crippen molar-refractivity contribution in [3.8, 4) is 17.0 Å². The molecule has 2 aromatic rings. The highest BCUT2D eigenvalue weighted by molar-refractivity contribution is 7.09. The quantitative estimate of drug-likeness (QED) is 0.914. The Morgan fingerprint density at radius 1 is 1.43 bits per heavy atom. The van der Waals surface area contributed by atoms with Crippen LogP contribution in [0.5, 0.6) is 5.75 Å². The molecule has 3 rings (SSSR count). The summed E-state index contributed by atoms with van der Waals surface area (Å²) in [5.74, 6) is 0.162. The molecule has 1 aromatic heterocycles. The van der Waals surface area contributed by atoms with Crippen LogP contribution >= 0.6 is 11.3 Å². The van der Waals surface area contributed by atoms with E-state index in [-0.39, 0.29) is 5.75 Å². The number of aromatic nitrogens is 1. The summed E-state index contributed by atoms with van der Waals surface area (Å²) < 4.78 is 28.9. The van der Waals surface area contributed by atoms with Gasteiger partial charge in [-0.3, -0.25) is 0 Å². The number of halogens is 2. The Kier molecular flexibility index (Phi) is 4.45. The first-order valence-electron chi connectivity index (χ1n) is 6.94. The van der Waals surface area contributed by atoms with E-state index in [9.17, 15) is 8.78 Å². The van der Waals surface area contributed by atoms with Gasteiger partial charge in [-0.15, -0.1) is 11.3 Å². The second-order valence-corrected chi connectivity index (χ2v) is 5.97. The molecule has 1 aromatic carbocycles. The number of alkyl halides is 2. The molecule has 1 fully saturated rings. The molecular formula is C15H16F2N2OS. The first kappa shape index (κ1) is 14.4. The fraction of sp³-hybridized carbons (Fsp3) is 0.400. The Hall–Kier alpha value is -1.53. The molecule has 1 unspecified atom stereocenters. The fourth-order valence-electron chi connectivity index (χ4n) is 2.51. The highest BCUT2D eigenvalue weighted by Crippen LogP contribution is 2.27. The molecule has 0 radical (unpaired) electrons. The van der Waals surface area contributed by atoms with Gasteiger partial charge in [0.2, 0.25) is 0 Å². The molecule has 1 N–H and O–H groups in total. The van der Waals surface area contributed by atoms with Gasteiger partial charge in [0.05, 0.1) is 10.7 Å². The maximum absolute atomic E-state index is 12.2. The van der Waals surface area contributed by atoms with Crippen molar-refractivity contribution in [2.75, 3.05) is 6.54 Å². The van der Waals surface area contributed by atoms with Crippen LogP contribution in [0.25, 0.3) is 11.3 Å². The number of nitrogens with zero attached hydrogens (tertiary/aromatic N) is 1. The molecule has 1 atom stereocenters. The lowest BCUT2D eigenvalue weighted by molar-refractivity contribution is -0.0498. The summed E-state index contributed by atoms with van der Waals surface area (Å²) in [5, 5.41) is 6.49. The van der Waals surface area contributed by atoms with Crippen molar-refractivity contribution in [2.45, 2.75) is 31.9 Å². The van der Waals surface area contributed by atoms with Crippen LogP contribution in [0, 0.1) is 0 Å². The number of ether oxygens (including phenoxy) is 1. The topological polar surface area (TPSA) is 34.1 Å². The Morgan fingerprint density at radius 2 is 2.33 bits per heavy atom. The molecule has 0 bridgehead atoms. The number of rotatable bonds is 5. The van der Waals surface area contributed by atoms with Crippen LogP contribution in [0.1, 0.15) is 17.8 Å². The van der Waals surface area contributed by atoms with Crippen molar-refractivity contribution >= 4 is 11.3 Å². The van der Waals surface area contributed by atoms with E-state index in [2.05, 4.69) is 15.0 Å². The predicted molar refractivity (Wildman–Crippen MR) is 78.9 cm³/mol. The lowest BCUT2D eigenvalue weighted by atomic mass is 10.1. The summed E-state index contributed by atoms with van der Waals surface area (Å²) in [6.07, 6.45) is 3.33. The summed E-state index contributed by atoms with van der Waals surface area (Å²) in [7, 11) is 0. The predicted octanol–water partition coefficient (Wildman–Crippen LogP) is 3.71. The maximum Gasteiger partial charge on any atom is 0.387 e. The highest BCUT2D eigenvalue weighted by atomic mass is 32.1. The second-order valence-electron chi connectivity index (χ2n) is 5.03. The molecule has 2 heterocycles. The SMILES string of the molecule is FC(F)Oc1cccc(-c2csc(CC3CCCN3)n2)c1. The second kappa shape index (κ2) is 6.49. The highest BCUT2D eigenvalue weighted by Gasteiger charge is 2.16. The summed E-state index contributed by atoms with van der Waals surface area (Å²) >= 11 is 1.61. The first-order valence-corrected chi connectivity index (χ1v) is 7.82. The van der Waals surface area contributed by atoms with Crippen molar-refractivity contribution in [1.82, 2.24) is 10.3 Å². The molecule has 1 aliphatic heterocycles. The largest absolute Gasteiger partial charge is 0.435 e. The number of thiazole rings is 1. The van der Waals surface area contributed by atoms with Crippen LogP contribution in [-0.4, -0.2) is 24.2 Å². The molecule has 112 valence electrons. The van der Waals surface area contributed by atoms with Crippen LogP contribution < -0.4 is 10.1 Å². The number of nitrogens with one attached hydrogen (secondary N) is 1. The van der Waals surface area contributed by atoms with Gasteiger partial charge in [0.25, 0.3) is 0 Å². The van der Waals surface area contributed by atoms with E-state index in [4.69, 9.17) is 0 Å². The Balaban J connectivity index is 1.73. The number of hydrogen-bond donors (Lipinski definition) is 1. The molecule has 3 nitrogen and oxygen atoms in total. The van der Waals surface area contributed by atoms with Gasteiger partial charge in [-0.25, -0.2) is 4.98 Å². The molecule has 6 heteroatoms. The molecule has 0 spiro atoms. The summed E-state index contributed by atoms with van der Waals surface area (Å²) in [5.41, 5.74) is 1.61. The van der Waals surface area contributed by atoms with Crippen LogP contribution in [0.15, 0.2) is 29.6 Å². The first-order chi connectivity index (χ1) is 10.2. The Bertz CT molecular complexity index is 597. The van der Waals surface area contributed by atoms with Crippen molar-refractivity contribution in [1.29, 1.82) is 0 Å². The van der Waals surface area contributed by atoms with Crippen molar-refractivity contribution in [3.63, 3.8) is 0 Å². The average molecular weight is 310 g/mol. The van der Waals surface area contributed by atoms with Gasteiger partial charge < -0.3 is 10.1 Å². The molecule has 1 aliphatic rings. The summed E-state index contributed by atoms with van der Waals surface area (Å²) in [6, 6.07) is 7.18. The van der Waals surface area contributed by atoms with Gasteiger partial charge >= 0.3 is 6.61 Å². The molecule has 0 amide bonds. The van der Waals surface area contributed by atoms with E-state index in [0.717, 1.165) is 29.2 Å². The molecular weight excluding hydrogens is 294 g/mol. The third kappa shape index (κ3) is 3.77. The van der Waals surface area contributed by atoms with Gasteiger partial charge in [-0.2, -0.15) is 8.78 Å². The van der Waals surface area contributed by atoms with Crippen molar-refractivity contribution in [3.05, 3.63) is 34.7 Å². The van der Waals surface area contributed by atoms with Crippen LogP contribution in [0.4, 0.5) is 8.78 Å². The minimum absolute atomic E-state index is 0.162. The van der Waals surface area contributed by atoms with E-state index in [1.165, 1.54) is 18.9 Å². The minimum atomic E-state index is -2.81. The lowest BCUT2D eigenvalue weighted by Crippen LogP contribution is -2.23. The van der Waals surface area contributed by atoms with E-state index >= 15 is 0 Å². The third-order valence-corrected chi connectivity index (χ3v) is 4.36. The maximum atomic E-state index is 12.2. The zero-order valence-electron chi connectivity index (χ0n) is 11.4. The Labute approximate surface area is 126 Å². The van der Waals surface area contributed by atoms with Crippen molar-refractivity contribution < 1.29 is 13.5 Å². The van der Waals surface area contributed by atoms with Gasteiger partial charge in [0.1, 0.15) is 5.75 Å². The van der Waals surface area contributed by atoms with Crippen LogP contribution in [0.3, 0.4) is 0 Å². The molecule has 0 aliphatic carbocycles. The normalized spacial score (nSPS) is 18.3. The van der Waals surface area contributed by atoms with Crippen LogP contribution in [-0.2, 0) is 6.42 Å². The fourth-order valence-corrected chi connectivity index (χ4v) is 3.40. The van der Waals surface area contributed by atoms with Gasteiger partial charge in [-0.1, -0.05) is 12.1 Å². The van der Waals surface area contributed by atoms with Gasteiger partial charge in [0.15, 0.2) is 0 Å².